The molecule has 0 radical (unpaired) electrons. The largest absolute Gasteiger partial charge is 0.479 e. The molecule has 2 N–H and O–H groups in total. The quantitative estimate of drug-likeness (QED) is 0.609. The van der Waals surface area contributed by atoms with E-state index in [-0.39, 0.29) is 0 Å². The standard InChI is InChI=1S/C8H14O6/c1-8(2)13-4(6(9)10)5(14-8)7(11)12-3/h4-5,7,11H,1-3H3,(H,9,10)/t4-,5-,7?/m1/s1. The molecule has 0 aliphatic carbocycles. The van der Waals surface area contributed by atoms with Gasteiger partial charge in [0.05, 0.1) is 0 Å². The van der Waals surface area contributed by atoms with E-state index in [4.69, 9.17) is 14.6 Å². The van der Waals surface area contributed by atoms with Gasteiger partial charge in [-0.15, -0.1) is 0 Å². The minimum atomic E-state index is -1.31. The fraction of sp³-hybridized carbons (Fsp3) is 0.875. The second-order valence-electron chi connectivity index (χ2n) is 3.49. The summed E-state index contributed by atoms with van der Waals surface area (Å²) in [5, 5.41) is 18.1. The molecular weight excluding hydrogens is 192 g/mol. The minimum Gasteiger partial charge on any atom is -0.479 e. The third-order valence-corrected chi connectivity index (χ3v) is 1.90. The molecule has 1 fully saturated rings. The first-order valence-electron chi connectivity index (χ1n) is 4.16. The first kappa shape index (κ1) is 11.4. The molecule has 0 amide bonds. The molecule has 0 aromatic heterocycles. The maximum atomic E-state index is 10.7. The van der Waals surface area contributed by atoms with Gasteiger partial charge in [-0.25, -0.2) is 4.79 Å². The number of carbonyl (C=O) groups is 1. The van der Waals surface area contributed by atoms with Crippen LogP contribution in [0.4, 0.5) is 0 Å². The summed E-state index contributed by atoms with van der Waals surface area (Å²) in [7, 11) is 1.26. The maximum Gasteiger partial charge on any atom is 0.335 e. The Balaban J connectivity index is 2.77. The zero-order chi connectivity index (χ0) is 10.9. The van der Waals surface area contributed by atoms with Crippen LogP contribution in [0.15, 0.2) is 0 Å². The van der Waals surface area contributed by atoms with Crippen molar-refractivity contribution >= 4 is 5.97 Å². The van der Waals surface area contributed by atoms with Crippen molar-refractivity contribution < 1.29 is 29.2 Å². The third-order valence-electron chi connectivity index (χ3n) is 1.90. The van der Waals surface area contributed by atoms with E-state index in [1.807, 2.05) is 0 Å². The lowest BCUT2D eigenvalue weighted by Crippen LogP contribution is -2.40. The van der Waals surface area contributed by atoms with Crippen LogP contribution < -0.4 is 0 Å². The highest BCUT2D eigenvalue weighted by atomic mass is 16.8. The summed E-state index contributed by atoms with van der Waals surface area (Å²) in [4.78, 5) is 10.7. The van der Waals surface area contributed by atoms with Gasteiger partial charge in [0.25, 0.3) is 0 Å². The Morgan fingerprint density at radius 3 is 2.50 bits per heavy atom. The summed E-state index contributed by atoms with van der Waals surface area (Å²) in [5.74, 6) is -2.20. The van der Waals surface area contributed by atoms with Crippen molar-refractivity contribution in [1.29, 1.82) is 0 Å². The zero-order valence-corrected chi connectivity index (χ0v) is 8.26. The van der Waals surface area contributed by atoms with Gasteiger partial charge in [0.2, 0.25) is 0 Å². The van der Waals surface area contributed by atoms with Gasteiger partial charge in [0.1, 0.15) is 6.10 Å². The van der Waals surface area contributed by atoms with Gasteiger partial charge in [-0.05, 0) is 13.8 Å². The van der Waals surface area contributed by atoms with E-state index in [0.29, 0.717) is 0 Å². The number of methoxy groups -OCH3 is 1. The number of hydrogen-bond donors (Lipinski definition) is 2. The summed E-state index contributed by atoms with van der Waals surface area (Å²) < 4.78 is 14.9. The monoisotopic (exact) mass is 206 g/mol. The van der Waals surface area contributed by atoms with Crippen molar-refractivity contribution in [3.05, 3.63) is 0 Å². The van der Waals surface area contributed by atoms with Crippen LogP contribution in [0.25, 0.3) is 0 Å². The molecule has 0 spiro atoms. The molecule has 0 bridgehead atoms. The number of rotatable bonds is 3. The number of aliphatic hydroxyl groups is 1. The lowest BCUT2D eigenvalue weighted by Gasteiger charge is -2.19. The van der Waals surface area contributed by atoms with Gasteiger partial charge in [-0.2, -0.15) is 0 Å². The molecule has 1 aliphatic heterocycles. The lowest BCUT2D eigenvalue weighted by molar-refractivity contribution is -0.191. The van der Waals surface area contributed by atoms with Crippen molar-refractivity contribution in [3.8, 4) is 0 Å². The number of carboxylic acid groups (broad SMARTS) is 1. The van der Waals surface area contributed by atoms with Gasteiger partial charge in [0, 0.05) is 7.11 Å². The summed E-state index contributed by atoms with van der Waals surface area (Å²) in [6, 6.07) is 0. The van der Waals surface area contributed by atoms with Gasteiger partial charge in [-0.1, -0.05) is 0 Å². The molecule has 14 heavy (non-hydrogen) atoms. The van der Waals surface area contributed by atoms with Crippen LogP contribution in [0.5, 0.6) is 0 Å². The third kappa shape index (κ3) is 2.21. The van der Waals surface area contributed by atoms with E-state index in [9.17, 15) is 9.90 Å². The predicted octanol–water partition coefficient (Wildman–Crippen LogP) is -0.444. The van der Waals surface area contributed by atoms with Crippen LogP contribution in [0, 0.1) is 0 Å². The van der Waals surface area contributed by atoms with Crippen LogP contribution >= 0.6 is 0 Å². The molecule has 6 heteroatoms. The number of aliphatic carboxylic acids is 1. The Morgan fingerprint density at radius 2 is 2.07 bits per heavy atom. The molecular formula is C8H14O6. The van der Waals surface area contributed by atoms with Crippen molar-refractivity contribution in [2.24, 2.45) is 0 Å². The number of ether oxygens (including phenoxy) is 3. The van der Waals surface area contributed by atoms with E-state index in [2.05, 4.69) is 4.74 Å². The predicted molar refractivity (Wildman–Crippen MR) is 44.5 cm³/mol. The van der Waals surface area contributed by atoms with Crippen molar-refractivity contribution in [3.63, 3.8) is 0 Å². The molecule has 82 valence electrons. The maximum absolute atomic E-state index is 10.7. The number of carboxylic acids is 1. The summed E-state index contributed by atoms with van der Waals surface area (Å²) >= 11 is 0. The molecule has 0 saturated carbocycles. The fourth-order valence-electron chi connectivity index (χ4n) is 1.32. The highest BCUT2D eigenvalue weighted by Gasteiger charge is 2.48. The van der Waals surface area contributed by atoms with Crippen LogP contribution in [0.2, 0.25) is 0 Å². The second kappa shape index (κ2) is 3.82. The Hall–Kier alpha value is -0.690. The molecule has 6 nitrogen and oxygen atoms in total. The fourth-order valence-corrected chi connectivity index (χ4v) is 1.32. The van der Waals surface area contributed by atoms with Gasteiger partial charge >= 0.3 is 5.97 Å². The summed E-state index contributed by atoms with van der Waals surface area (Å²) in [6.07, 6.45) is -3.52. The highest BCUT2D eigenvalue weighted by Crippen LogP contribution is 2.30. The molecule has 1 unspecified atom stereocenters. The van der Waals surface area contributed by atoms with Crippen molar-refractivity contribution in [2.75, 3.05) is 7.11 Å². The molecule has 1 aliphatic rings. The number of aliphatic hydroxyl groups excluding tert-OH is 1. The van der Waals surface area contributed by atoms with Crippen molar-refractivity contribution in [1.82, 2.24) is 0 Å². The zero-order valence-electron chi connectivity index (χ0n) is 8.26. The Labute approximate surface area is 81.4 Å². The lowest BCUT2D eigenvalue weighted by atomic mass is 10.2. The average molecular weight is 206 g/mol. The summed E-state index contributed by atoms with van der Waals surface area (Å²) in [5.41, 5.74) is 0. The van der Waals surface area contributed by atoms with Gasteiger partial charge in [-0.3, -0.25) is 0 Å². The highest BCUT2D eigenvalue weighted by molar-refractivity contribution is 5.73. The first-order valence-corrected chi connectivity index (χ1v) is 4.16. The van der Waals surface area contributed by atoms with E-state index >= 15 is 0 Å². The molecule has 0 aromatic carbocycles. The van der Waals surface area contributed by atoms with E-state index in [1.165, 1.54) is 7.11 Å². The first-order chi connectivity index (χ1) is 6.37. The second-order valence-corrected chi connectivity index (χ2v) is 3.49. The minimum absolute atomic E-state index is 1.01. The Morgan fingerprint density at radius 1 is 1.50 bits per heavy atom. The topological polar surface area (TPSA) is 85.2 Å². The smallest absolute Gasteiger partial charge is 0.335 e. The van der Waals surface area contributed by atoms with E-state index < -0.39 is 30.3 Å². The average Bonchev–Trinajstić information content (AvgIpc) is 2.40. The van der Waals surface area contributed by atoms with E-state index in [1.54, 1.807) is 13.8 Å². The summed E-state index contributed by atoms with van der Waals surface area (Å²) in [6.45, 7) is 3.15. The van der Waals surface area contributed by atoms with Crippen LogP contribution in [0.1, 0.15) is 13.8 Å². The van der Waals surface area contributed by atoms with Gasteiger partial charge in [0.15, 0.2) is 18.2 Å². The van der Waals surface area contributed by atoms with Gasteiger partial charge < -0.3 is 24.4 Å². The SMILES string of the molecule is COC(O)[C@@H]1OC(C)(C)O[C@H]1C(=O)O. The molecule has 0 aromatic rings. The van der Waals surface area contributed by atoms with Crippen molar-refractivity contribution in [2.45, 2.75) is 38.1 Å². The molecule has 1 heterocycles. The normalized spacial score (nSPS) is 32.9. The Kier molecular flexibility index (Phi) is 3.10. The molecule has 1 saturated heterocycles. The molecule has 1 rings (SSSR count). The Bertz CT molecular complexity index is 226. The number of hydrogen-bond acceptors (Lipinski definition) is 5. The van der Waals surface area contributed by atoms with Crippen LogP contribution in [-0.4, -0.2) is 47.6 Å². The molecule has 3 atom stereocenters. The van der Waals surface area contributed by atoms with E-state index in [0.717, 1.165) is 0 Å². The van der Waals surface area contributed by atoms with Crippen LogP contribution in [0.3, 0.4) is 0 Å². The van der Waals surface area contributed by atoms with Crippen LogP contribution in [-0.2, 0) is 19.0 Å².